The molecule has 0 spiro atoms. The largest absolute Gasteiger partial charge is 0.364 e. The highest BCUT2D eigenvalue weighted by atomic mass is 31.1. The van der Waals surface area contributed by atoms with Crippen LogP contribution in [0.2, 0.25) is 0 Å². The van der Waals surface area contributed by atoms with Crippen molar-refractivity contribution in [2.24, 2.45) is 0 Å². The molecule has 60 valence electrons. The topological polar surface area (TPSA) is 52.6 Å². The molecule has 0 aromatic carbocycles. The molecular formula is C5H11O4P. The van der Waals surface area contributed by atoms with Gasteiger partial charge in [-0.25, -0.2) is 0 Å². The first-order valence-corrected chi connectivity index (χ1v) is 4.14. The van der Waals surface area contributed by atoms with E-state index in [1.807, 2.05) is 0 Å². The fourth-order valence-corrected chi connectivity index (χ4v) is 1.27. The minimum atomic E-state index is -2.34. The second-order valence-electron chi connectivity index (χ2n) is 1.75. The molecule has 2 unspecified atom stereocenters. The van der Waals surface area contributed by atoms with Crippen molar-refractivity contribution in [3.63, 3.8) is 0 Å². The Kier molecular flexibility index (Phi) is 4.52. The quantitative estimate of drug-likeness (QED) is 0.576. The molecule has 0 aromatic rings. The molecule has 0 aliphatic carbocycles. The Bertz CT molecular complexity index is 145. The molecule has 0 bridgehead atoms. The van der Waals surface area contributed by atoms with E-state index in [2.05, 4.69) is 9.26 Å². The number of carbonyl (C=O) groups excluding carboxylic acids is 1. The first-order chi connectivity index (χ1) is 4.63. The van der Waals surface area contributed by atoms with E-state index in [1.165, 1.54) is 21.1 Å². The zero-order valence-electron chi connectivity index (χ0n) is 6.21. The van der Waals surface area contributed by atoms with Gasteiger partial charge >= 0.3 is 0 Å². The van der Waals surface area contributed by atoms with Crippen LogP contribution in [0.4, 0.5) is 0 Å². The van der Waals surface area contributed by atoms with Gasteiger partial charge < -0.3 is 9.26 Å². The average Bonchev–Trinajstić information content (AvgIpc) is 1.88. The highest BCUT2D eigenvalue weighted by molar-refractivity contribution is 7.41. The number of rotatable bonds is 4. The summed E-state index contributed by atoms with van der Waals surface area (Å²) in [5.74, 6) is -1.15. The van der Waals surface area contributed by atoms with Crippen molar-refractivity contribution in [3.05, 3.63) is 0 Å². The standard InChI is InChI=1S/C5H11O4P/c1-4(6)5(8-2)10(7)9-3/h5,10H,1-3H3. The molecule has 0 fully saturated rings. The molecule has 4 nitrogen and oxygen atoms in total. The third-order valence-electron chi connectivity index (χ3n) is 1.02. The van der Waals surface area contributed by atoms with Crippen LogP contribution >= 0.6 is 8.03 Å². The van der Waals surface area contributed by atoms with Gasteiger partial charge in [-0.1, -0.05) is 0 Å². The molecule has 0 saturated heterocycles. The Morgan fingerprint density at radius 3 is 2.10 bits per heavy atom. The van der Waals surface area contributed by atoms with Crippen molar-refractivity contribution < 1.29 is 18.6 Å². The van der Waals surface area contributed by atoms with Crippen molar-refractivity contribution in [1.82, 2.24) is 0 Å². The zero-order valence-corrected chi connectivity index (χ0v) is 7.21. The summed E-state index contributed by atoms with van der Waals surface area (Å²) in [6.45, 7) is 1.32. The van der Waals surface area contributed by atoms with Crippen molar-refractivity contribution in [2.75, 3.05) is 14.2 Å². The maximum Gasteiger partial charge on any atom is 0.226 e. The van der Waals surface area contributed by atoms with E-state index >= 15 is 0 Å². The molecule has 0 rings (SSSR count). The summed E-state index contributed by atoms with van der Waals surface area (Å²) in [4.78, 5) is 10.6. The Morgan fingerprint density at radius 1 is 1.50 bits per heavy atom. The van der Waals surface area contributed by atoms with Crippen molar-refractivity contribution in [2.45, 2.75) is 12.8 Å². The van der Waals surface area contributed by atoms with Crippen molar-refractivity contribution in [3.8, 4) is 0 Å². The molecule has 0 aliphatic rings. The normalized spacial score (nSPS) is 16.3. The van der Waals surface area contributed by atoms with Crippen LogP contribution in [0, 0.1) is 0 Å². The summed E-state index contributed by atoms with van der Waals surface area (Å²) in [5, 5.41) is 0. The van der Waals surface area contributed by atoms with Crippen LogP contribution < -0.4 is 0 Å². The van der Waals surface area contributed by atoms with Crippen LogP contribution in [0.1, 0.15) is 6.92 Å². The lowest BCUT2D eigenvalue weighted by Crippen LogP contribution is -2.15. The van der Waals surface area contributed by atoms with Gasteiger partial charge in [0.25, 0.3) is 0 Å². The lowest BCUT2D eigenvalue weighted by atomic mass is 10.5. The SMILES string of the molecule is COC(C(C)=O)[PH](=O)OC. The second kappa shape index (κ2) is 4.61. The van der Waals surface area contributed by atoms with Crippen LogP contribution in [0.5, 0.6) is 0 Å². The lowest BCUT2D eigenvalue weighted by molar-refractivity contribution is -0.122. The van der Waals surface area contributed by atoms with Crippen LogP contribution in [-0.2, 0) is 18.6 Å². The summed E-state index contributed by atoms with van der Waals surface area (Å²) < 4.78 is 19.9. The molecule has 0 radical (unpaired) electrons. The monoisotopic (exact) mass is 166 g/mol. The maximum atomic E-state index is 10.8. The highest BCUT2D eigenvalue weighted by Crippen LogP contribution is 2.28. The summed E-state index contributed by atoms with van der Waals surface area (Å²) in [5.41, 5.74) is 0. The Labute approximate surface area is 60.4 Å². The molecule has 0 amide bonds. The fourth-order valence-electron chi connectivity index (χ4n) is 0.535. The molecule has 0 N–H and O–H groups in total. The van der Waals surface area contributed by atoms with Crippen LogP contribution in [0.3, 0.4) is 0 Å². The van der Waals surface area contributed by atoms with Crippen molar-refractivity contribution in [1.29, 1.82) is 0 Å². The van der Waals surface area contributed by atoms with E-state index in [9.17, 15) is 9.36 Å². The van der Waals surface area contributed by atoms with E-state index in [4.69, 9.17) is 0 Å². The molecule has 0 heterocycles. The van der Waals surface area contributed by atoms with Crippen LogP contribution in [-0.4, -0.2) is 25.8 Å². The lowest BCUT2D eigenvalue weighted by Gasteiger charge is -2.08. The Balaban J connectivity index is 4.06. The van der Waals surface area contributed by atoms with Gasteiger partial charge in [0, 0.05) is 14.2 Å². The number of ether oxygens (including phenoxy) is 1. The molecule has 10 heavy (non-hydrogen) atoms. The Hall–Kier alpha value is -0.180. The molecule has 2 atom stereocenters. The average molecular weight is 166 g/mol. The smallest absolute Gasteiger partial charge is 0.226 e. The highest BCUT2D eigenvalue weighted by Gasteiger charge is 2.19. The summed E-state index contributed by atoms with van der Waals surface area (Å²) in [7, 11) is 0.275. The summed E-state index contributed by atoms with van der Waals surface area (Å²) in [6, 6.07) is 0. The van der Waals surface area contributed by atoms with Gasteiger partial charge in [-0.05, 0) is 6.92 Å². The zero-order chi connectivity index (χ0) is 8.15. The summed E-state index contributed by atoms with van der Waals surface area (Å²) in [6.07, 6.45) is 0. The number of hydrogen-bond donors (Lipinski definition) is 0. The minimum absolute atomic E-state index is 0.270. The molecular weight excluding hydrogens is 155 g/mol. The van der Waals surface area contributed by atoms with E-state index < -0.39 is 13.9 Å². The molecule has 5 heteroatoms. The second-order valence-corrected chi connectivity index (χ2v) is 3.32. The van der Waals surface area contributed by atoms with Gasteiger partial charge in [-0.15, -0.1) is 0 Å². The Morgan fingerprint density at radius 2 is 2.00 bits per heavy atom. The van der Waals surface area contributed by atoms with E-state index in [-0.39, 0.29) is 5.78 Å². The number of carbonyl (C=O) groups is 1. The summed E-state index contributed by atoms with van der Waals surface area (Å²) >= 11 is 0. The minimum Gasteiger partial charge on any atom is -0.364 e. The maximum absolute atomic E-state index is 10.8. The van der Waals surface area contributed by atoms with Gasteiger partial charge in [0.1, 0.15) is 0 Å². The molecule has 0 aromatic heterocycles. The molecule has 0 saturated carbocycles. The first kappa shape index (κ1) is 9.82. The third kappa shape index (κ3) is 2.60. The number of Topliss-reactive ketones (excluding diaryl/α,β-unsaturated/α-hetero) is 1. The van der Waals surface area contributed by atoms with Crippen LogP contribution in [0.15, 0.2) is 0 Å². The van der Waals surface area contributed by atoms with Gasteiger partial charge in [-0.3, -0.25) is 9.36 Å². The van der Waals surface area contributed by atoms with Gasteiger partial charge in [-0.2, -0.15) is 0 Å². The third-order valence-corrected chi connectivity index (χ3v) is 2.49. The first-order valence-electron chi connectivity index (χ1n) is 2.74. The van der Waals surface area contributed by atoms with Crippen molar-refractivity contribution >= 4 is 13.8 Å². The van der Waals surface area contributed by atoms with Gasteiger partial charge in [0.05, 0.1) is 0 Å². The van der Waals surface area contributed by atoms with Crippen LogP contribution in [0.25, 0.3) is 0 Å². The predicted octanol–water partition coefficient (Wildman–Crippen LogP) is 0.669. The molecule has 0 aliphatic heterocycles. The number of methoxy groups -OCH3 is 1. The van der Waals surface area contributed by atoms with E-state index in [0.29, 0.717) is 0 Å². The van der Waals surface area contributed by atoms with Gasteiger partial charge in [0.2, 0.25) is 8.03 Å². The number of hydrogen-bond acceptors (Lipinski definition) is 4. The van der Waals surface area contributed by atoms with E-state index in [1.54, 1.807) is 0 Å². The number of ketones is 1. The fraction of sp³-hybridized carbons (Fsp3) is 0.800. The predicted molar refractivity (Wildman–Crippen MR) is 37.5 cm³/mol. The van der Waals surface area contributed by atoms with E-state index in [0.717, 1.165) is 0 Å². The van der Waals surface area contributed by atoms with Gasteiger partial charge in [0.15, 0.2) is 11.6 Å².